The second-order valence-electron chi connectivity index (χ2n) is 5.00. The molecule has 0 aromatic heterocycles. The van der Waals surface area contributed by atoms with Gasteiger partial charge in [-0.3, -0.25) is 4.79 Å². The van der Waals surface area contributed by atoms with Crippen LogP contribution in [0.15, 0.2) is 40.9 Å². The number of carbonyl (C=O) groups excluding carboxylic acids is 1. The second kappa shape index (κ2) is 5.78. The molecule has 1 heterocycles. The van der Waals surface area contributed by atoms with E-state index in [2.05, 4.69) is 21.2 Å². The van der Waals surface area contributed by atoms with Crippen LogP contribution in [0.1, 0.15) is 28.5 Å². The Labute approximate surface area is 135 Å². The van der Waals surface area contributed by atoms with Crippen molar-refractivity contribution in [2.45, 2.75) is 18.2 Å². The first-order chi connectivity index (χ1) is 10.0. The molecule has 1 unspecified atom stereocenters. The highest BCUT2D eigenvalue weighted by atomic mass is 79.9. The van der Waals surface area contributed by atoms with Gasteiger partial charge in [-0.1, -0.05) is 18.2 Å². The average molecular weight is 369 g/mol. The number of hydrogen-bond acceptors (Lipinski definition) is 1. The van der Waals surface area contributed by atoms with Crippen LogP contribution in [0.3, 0.4) is 0 Å². The molecule has 1 aliphatic rings. The highest BCUT2D eigenvalue weighted by molar-refractivity contribution is 9.10. The zero-order chi connectivity index (χ0) is 15.0. The number of aryl methyl sites for hydroxylation is 1. The highest BCUT2D eigenvalue weighted by Crippen LogP contribution is 2.34. The first-order valence-electron chi connectivity index (χ1n) is 6.56. The van der Waals surface area contributed by atoms with Gasteiger partial charge in [0, 0.05) is 12.1 Å². The van der Waals surface area contributed by atoms with Gasteiger partial charge in [-0.15, -0.1) is 11.6 Å². The summed E-state index contributed by atoms with van der Waals surface area (Å²) in [5, 5.41) is 2.41. The lowest BCUT2D eigenvalue weighted by atomic mass is 9.97. The molecule has 0 saturated heterocycles. The first-order valence-corrected chi connectivity index (χ1v) is 7.79. The van der Waals surface area contributed by atoms with Crippen molar-refractivity contribution in [2.75, 3.05) is 5.32 Å². The fraction of sp³-hybridized carbons (Fsp3) is 0.188. The Kier molecular flexibility index (Phi) is 4.00. The molecule has 108 valence electrons. The van der Waals surface area contributed by atoms with Crippen molar-refractivity contribution in [3.63, 3.8) is 0 Å². The maximum absolute atomic E-state index is 13.6. The third-order valence-electron chi connectivity index (χ3n) is 3.55. The number of carbonyl (C=O) groups is 1. The van der Waals surface area contributed by atoms with Gasteiger partial charge in [-0.2, -0.15) is 0 Å². The van der Waals surface area contributed by atoms with Crippen LogP contribution in [0.4, 0.5) is 10.1 Å². The Morgan fingerprint density at radius 2 is 1.86 bits per heavy atom. The van der Waals surface area contributed by atoms with E-state index in [0.29, 0.717) is 22.9 Å². The van der Waals surface area contributed by atoms with E-state index in [9.17, 15) is 9.18 Å². The van der Waals surface area contributed by atoms with Crippen LogP contribution in [-0.4, -0.2) is 5.91 Å². The lowest BCUT2D eigenvalue weighted by Gasteiger charge is -2.19. The maximum atomic E-state index is 13.6. The predicted octanol–water partition coefficient (Wildman–Crippen LogP) is 4.80. The summed E-state index contributed by atoms with van der Waals surface area (Å²) in [6.45, 7) is 0. The Hall–Kier alpha value is -1.39. The van der Waals surface area contributed by atoms with Crippen LogP contribution in [0, 0.1) is 5.82 Å². The number of rotatable bonds is 2. The van der Waals surface area contributed by atoms with Gasteiger partial charge in [0.1, 0.15) is 5.82 Å². The first kappa shape index (κ1) is 14.5. The molecule has 0 bridgehead atoms. The summed E-state index contributed by atoms with van der Waals surface area (Å²) in [6.07, 6.45) is 1.18. The lowest BCUT2D eigenvalue weighted by molar-refractivity contribution is -0.116. The third kappa shape index (κ3) is 2.97. The molecule has 1 amide bonds. The fourth-order valence-corrected chi connectivity index (χ4v) is 2.94. The molecular weight excluding hydrogens is 357 g/mol. The van der Waals surface area contributed by atoms with Gasteiger partial charge in [0.2, 0.25) is 5.91 Å². The van der Waals surface area contributed by atoms with E-state index >= 15 is 0 Å². The van der Waals surface area contributed by atoms with Gasteiger partial charge < -0.3 is 5.32 Å². The van der Waals surface area contributed by atoms with Crippen LogP contribution in [-0.2, 0) is 11.2 Å². The van der Waals surface area contributed by atoms with Crippen molar-refractivity contribution in [1.82, 2.24) is 0 Å². The minimum absolute atomic E-state index is 0.0349. The Morgan fingerprint density at radius 1 is 1.14 bits per heavy atom. The van der Waals surface area contributed by atoms with E-state index in [1.807, 2.05) is 18.2 Å². The Bertz CT molecular complexity index is 719. The molecular formula is C16H12BrClFNO. The van der Waals surface area contributed by atoms with Gasteiger partial charge in [-0.25, -0.2) is 4.39 Å². The molecule has 0 radical (unpaired) electrons. The molecule has 1 atom stereocenters. The number of fused-ring (bicyclic) bond motifs is 1. The second-order valence-corrected chi connectivity index (χ2v) is 6.29. The van der Waals surface area contributed by atoms with Crippen molar-refractivity contribution >= 4 is 39.1 Å². The van der Waals surface area contributed by atoms with Crippen molar-refractivity contribution in [2.24, 2.45) is 0 Å². The van der Waals surface area contributed by atoms with Crippen molar-refractivity contribution in [3.8, 4) is 0 Å². The predicted molar refractivity (Wildman–Crippen MR) is 85.2 cm³/mol. The molecule has 2 nitrogen and oxygen atoms in total. The number of amides is 1. The zero-order valence-electron chi connectivity index (χ0n) is 11.0. The molecule has 2 aromatic rings. The molecule has 0 saturated carbocycles. The van der Waals surface area contributed by atoms with Crippen molar-refractivity contribution in [1.29, 1.82) is 0 Å². The van der Waals surface area contributed by atoms with Gasteiger partial charge in [0.25, 0.3) is 0 Å². The number of anilines is 1. The summed E-state index contributed by atoms with van der Waals surface area (Å²) < 4.78 is 14.0. The largest absolute Gasteiger partial charge is 0.326 e. The summed E-state index contributed by atoms with van der Waals surface area (Å²) in [4.78, 5) is 11.4. The maximum Gasteiger partial charge on any atom is 0.224 e. The molecule has 1 aliphatic heterocycles. The van der Waals surface area contributed by atoms with Gasteiger partial charge in [-0.05, 0) is 57.2 Å². The van der Waals surface area contributed by atoms with Gasteiger partial charge >= 0.3 is 0 Å². The third-order valence-corrected chi connectivity index (χ3v) is 4.70. The van der Waals surface area contributed by atoms with Crippen LogP contribution in [0.5, 0.6) is 0 Å². The van der Waals surface area contributed by atoms with Crippen molar-refractivity contribution < 1.29 is 9.18 Å². The smallest absolute Gasteiger partial charge is 0.224 e. The van der Waals surface area contributed by atoms with E-state index in [0.717, 1.165) is 16.8 Å². The average Bonchev–Trinajstić information content (AvgIpc) is 2.49. The van der Waals surface area contributed by atoms with E-state index in [4.69, 9.17) is 11.6 Å². The summed E-state index contributed by atoms with van der Waals surface area (Å²) >= 11 is 9.59. The number of nitrogens with one attached hydrogen (secondary N) is 1. The minimum atomic E-state index is -0.421. The van der Waals surface area contributed by atoms with Gasteiger partial charge in [0.05, 0.1) is 9.85 Å². The zero-order valence-corrected chi connectivity index (χ0v) is 13.3. The number of alkyl halides is 1. The molecule has 0 aliphatic carbocycles. The topological polar surface area (TPSA) is 29.1 Å². The lowest BCUT2D eigenvalue weighted by Crippen LogP contribution is -2.19. The molecule has 0 fully saturated rings. The van der Waals surface area contributed by atoms with E-state index < -0.39 is 5.38 Å². The van der Waals surface area contributed by atoms with E-state index in [1.165, 1.54) is 6.07 Å². The summed E-state index contributed by atoms with van der Waals surface area (Å²) in [5.41, 5.74) is 3.50. The Balaban J connectivity index is 1.93. The number of halogens is 3. The quantitative estimate of drug-likeness (QED) is 0.758. The van der Waals surface area contributed by atoms with Crippen LogP contribution < -0.4 is 5.32 Å². The Morgan fingerprint density at radius 3 is 2.62 bits per heavy atom. The fourth-order valence-electron chi connectivity index (χ4n) is 2.42. The summed E-state index contributed by atoms with van der Waals surface area (Å²) in [5.74, 6) is -0.295. The van der Waals surface area contributed by atoms with Gasteiger partial charge in [0.15, 0.2) is 0 Å². The molecule has 1 N–H and O–H groups in total. The summed E-state index contributed by atoms with van der Waals surface area (Å²) in [6, 6.07) is 10.6. The molecule has 3 rings (SSSR count). The van der Waals surface area contributed by atoms with E-state index in [-0.39, 0.29) is 11.7 Å². The van der Waals surface area contributed by atoms with Crippen molar-refractivity contribution in [3.05, 3.63) is 63.4 Å². The SMILES string of the molecule is O=C1CCc2cc(C(Cl)c3ccc(Br)c(F)c3)ccc2N1. The highest BCUT2D eigenvalue weighted by Gasteiger charge is 2.18. The van der Waals surface area contributed by atoms with Crippen LogP contribution >= 0.6 is 27.5 Å². The molecule has 2 aromatic carbocycles. The molecule has 5 heteroatoms. The molecule has 0 spiro atoms. The number of benzene rings is 2. The van der Waals surface area contributed by atoms with Crippen LogP contribution in [0.2, 0.25) is 0 Å². The van der Waals surface area contributed by atoms with E-state index in [1.54, 1.807) is 12.1 Å². The molecule has 21 heavy (non-hydrogen) atoms. The standard InChI is InChI=1S/C16H12BrClFNO/c17-12-4-1-11(8-13(12)19)16(18)10-2-5-14-9(7-10)3-6-15(21)20-14/h1-2,4-5,7-8,16H,3,6H2,(H,20,21). The monoisotopic (exact) mass is 367 g/mol. The minimum Gasteiger partial charge on any atom is -0.326 e. The normalized spacial score (nSPS) is 15.3. The number of hydrogen-bond donors (Lipinski definition) is 1. The summed E-state index contributed by atoms with van der Waals surface area (Å²) in [7, 11) is 0. The van der Waals surface area contributed by atoms with Crippen LogP contribution in [0.25, 0.3) is 0 Å².